The number of halogens is 1. The van der Waals surface area contributed by atoms with Crippen molar-refractivity contribution < 1.29 is 9.53 Å². The first-order chi connectivity index (χ1) is 17.9. The molecule has 1 N–H and O–H groups in total. The molecule has 1 atom stereocenters. The van der Waals surface area contributed by atoms with Crippen LogP contribution in [0.25, 0.3) is 27.5 Å². The van der Waals surface area contributed by atoms with Crippen LogP contribution in [0, 0.1) is 0 Å². The van der Waals surface area contributed by atoms with Crippen molar-refractivity contribution in [1.29, 1.82) is 0 Å². The van der Waals surface area contributed by atoms with Gasteiger partial charge in [0.15, 0.2) is 5.69 Å². The number of para-hydroxylation sites is 1. The summed E-state index contributed by atoms with van der Waals surface area (Å²) in [7, 11) is 3.34. The molecule has 0 bridgehead atoms. The Hall–Kier alpha value is -4.10. The predicted octanol–water partition coefficient (Wildman–Crippen LogP) is 5.29. The van der Waals surface area contributed by atoms with Crippen LogP contribution in [0.1, 0.15) is 29.4 Å². The van der Waals surface area contributed by atoms with Gasteiger partial charge in [0.05, 0.1) is 17.8 Å². The Bertz CT molecular complexity index is 1670. The van der Waals surface area contributed by atoms with Gasteiger partial charge in [-0.1, -0.05) is 60.1 Å². The average Bonchev–Trinajstić information content (AvgIpc) is 3.21. The number of aromatic nitrogens is 3. The summed E-state index contributed by atoms with van der Waals surface area (Å²) in [5, 5.41) is 9.34. The maximum Gasteiger partial charge on any atom is 0.296 e. The SMILES string of the molecule is COc1ccc(-n2nc(C(=O)N[C@H](C)CCc3ccccc3)c3c4ccccc4n(C)c3c2=O)cc1Cl. The molecule has 0 fully saturated rings. The molecule has 1 amide bonds. The predicted molar refractivity (Wildman–Crippen MR) is 147 cm³/mol. The van der Waals surface area contributed by atoms with Gasteiger partial charge in [0.1, 0.15) is 11.3 Å². The van der Waals surface area contributed by atoms with Crippen LogP contribution in [0.2, 0.25) is 5.02 Å². The summed E-state index contributed by atoms with van der Waals surface area (Å²) in [6.45, 7) is 1.97. The number of aryl methyl sites for hydroxylation is 2. The van der Waals surface area contributed by atoms with Crippen LogP contribution in [-0.4, -0.2) is 33.4 Å². The van der Waals surface area contributed by atoms with Gasteiger partial charge in [-0.15, -0.1) is 0 Å². The second-order valence-corrected chi connectivity index (χ2v) is 9.49. The number of nitrogens with zero attached hydrogens (tertiary/aromatic N) is 3. The summed E-state index contributed by atoms with van der Waals surface area (Å²) in [5.74, 6) is 0.143. The summed E-state index contributed by atoms with van der Waals surface area (Å²) < 4.78 is 8.29. The lowest BCUT2D eigenvalue weighted by Crippen LogP contribution is -2.35. The highest BCUT2D eigenvalue weighted by molar-refractivity contribution is 6.32. The Balaban J connectivity index is 1.61. The molecule has 5 rings (SSSR count). The van der Waals surface area contributed by atoms with Gasteiger partial charge in [-0.25, -0.2) is 0 Å². The van der Waals surface area contributed by atoms with Crippen molar-refractivity contribution in [2.45, 2.75) is 25.8 Å². The summed E-state index contributed by atoms with van der Waals surface area (Å²) >= 11 is 6.35. The third-order valence-corrected chi connectivity index (χ3v) is 6.92. The number of hydrogen-bond donors (Lipinski definition) is 1. The minimum Gasteiger partial charge on any atom is -0.495 e. The fourth-order valence-electron chi connectivity index (χ4n) is 4.69. The van der Waals surface area contributed by atoms with Crippen molar-refractivity contribution in [3.8, 4) is 11.4 Å². The molecule has 0 radical (unpaired) electrons. The van der Waals surface area contributed by atoms with E-state index in [1.54, 1.807) is 18.2 Å². The first-order valence-electron chi connectivity index (χ1n) is 12.1. The monoisotopic (exact) mass is 514 g/mol. The van der Waals surface area contributed by atoms with E-state index >= 15 is 0 Å². The van der Waals surface area contributed by atoms with Crippen molar-refractivity contribution in [2.24, 2.45) is 7.05 Å². The molecule has 7 nitrogen and oxygen atoms in total. The second kappa shape index (κ2) is 10.1. The highest BCUT2D eigenvalue weighted by Crippen LogP contribution is 2.30. The van der Waals surface area contributed by atoms with Crippen molar-refractivity contribution in [1.82, 2.24) is 19.7 Å². The van der Waals surface area contributed by atoms with Crippen molar-refractivity contribution in [2.75, 3.05) is 7.11 Å². The fraction of sp³-hybridized carbons (Fsp3) is 0.207. The normalized spacial score (nSPS) is 12.1. The van der Waals surface area contributed by atoms with Gasteiger partial charge in [-0.05, 0) is 49.6 Å². The minimum atomic E-state index is -0.344. The number of methoxy groups -OCH3 is 1. The molecular formula is C29H27ClN4O3. The van der Waals surface area contributed by atoms with E-state index in [4.69, 9.17) is 16.3 Å². The second-order valence-electron chi connectivity index (χ2n) is 9.08. The quantitative estimate of drug-likeness (QED) is 0.320. The first kappa shape index (κ1) is 24.6. The number of carbonyl (C=O) groups excluding carboxylic acids is 1. The molecule has 3 aromatic carbocycles. The largest absolute Gasteiger partial charge is 0.495 e. The van der Waals surface area contributed by atoms with Gasteiger partial charge in [-0.2, -0.15) is 9.78 Å². The highest BCUT2D eigenvalue weighted by atomic mass is 35.5. The van der Waals surface area contributed by atoms with Crippen LogP contribution in [0.3, 0.4) is 0 Å². The van der Waals surface area contributed by atoms with Gasteiger partial charge in [0.2, 0.25) is 0 Å². The number of nitrogens with one attached hydrogen (secondary N) is 1. The maximum absolute atomic E-state index is 13.7. The topological polar surface area (TPSA) is 78.2 Å². The first-order valence-corrected chi connectivity index (χ1v) is 12.5. The lowest BCUT2D eigenvalue weighted by atomic mass is 10.1. The van der Waals surface area contributed by atoms with Crippen LogP contribution in [-0.2, 0) is 13.5 Å². The number of benzene rings is 3. The van der Waals surface area contributed by atoms with E-state index in [2.05, 4.69) is 22.5 Å². The molecule has 0 unspecified atom stereocenters. The van der Waals surface area contributed by atoms with Gasteiger partial charge in [0, 0.05) is 29.4 Å². The molecule has 2 heterocycles. The van der Waals surface area contributed by atoms with Crippen LogP contribution in [0.4, 0.5) is 0 Å². The zero-order valence-corrected chi connectivity index (χ0v) is 21.6. The van der Waals surface area contributed by atoms with Crippen LogP contribution >= 0.6 is 11.6 Å². The Labute approximate surface area is 219 Å². The third-order valence-electron chi connectivity index (χ3n) is 6.62. The molecule has 0 saturated heterocycles. The van der Waals surface area contributed by atoms with Gasteiger partial charge >= 0.3 is 0 Å². The summed E-state index contributed by atoms with van der Waals surface area (Å²) in [6.07, 6.45) is 1.60. The van der Waals surface area contributed by atoms with E-state index in [1.807, 2.05) is 61.0 Å². The Morgan fingerprint density at radius 3 is 2.54 bits per heavy atom. The smallest absolute Gasteiger partial charge is 0.296 e. The molecule has 0 aliphatic carbocycles. The van der Waals surface area contributed by atoms with Crippen molar-refractivity contribution in [3.63, 3.8) is 0 Å². The average molecular weight is 515 g/mol. The van der Waals surface area contributed by atoms with E-state index in [0.29, 0.717) is 27.4 Å². The van der Waals surface area contributed by atoms with Crippen LogP contribution < -0.4 is 15.6 Å². The lowest BCUT2D eigenvalue weighted by molar-refractivity contribution is 0.0933. The molecule has 0 aliphatic heterocycles. The van der Waals surface area contributed by atoms with E-state index in [1.165, 1.54) is 17.4 Å². The number of ether oxygens (including phenoxy) is 1. The van der Waals surface area contributed by atoms with E-state index in [9.17, 15) is 9.59 Å². The highest BCUT2D eigenvalue weighted by Gasteiger charge is 2.24. The third kappa shape index (κ3) is 4.58. The summed E-state index contributed by atoms with van der Waals surface area (Å²) in [4.78, 5) is 27.4. The van der Waals surface area contributed by atoms with Crippen molar-refractivity contribution >= 4 is 39.3 Å². The Kier molecular flexibility index (Phi) is 6.72. The van der Waals surface area contributed by atoms with Gasteiger partial charge in [0.25, 0.3) is 11.5 Å². The number of hydrogen-bond acceptors (Lipinski definition) is 4. The molecule has 37 heavy (non-hydrogen) atoms. The number of carbonyl (C=O) groups is 1. The molecular weight excluding hydrogens is 488 g/mol. The van der Waals surface area contributed by atoms with Crippen LogP contribution in [0.15, 0.2) is 77.6 Å². The molecule has 0 aliphatic rings. The molecule has 0 saturated carbocycles. The van der Waals surface area contributed by atoms with Gasteiger partial charge in [-0.3, -0.25) is 9.59 Å². The molecule has 5 aromatic rings. The zero-order chi connectivity index (χ0) is 26.1. The Morgan fingerprint density at radius 1 is 1.08 bits per heavy atom. The fourth-order valence-corrected chi connectivity index (χ4v) is 4.94. The summed E-state index contributed by atoms with van der Waals surface area (Å²) in [6, 6.07) is 22.6. The van der Waals surface area contributed by atoms with Gasteiger partial charge < -0.3 is 14.6 Å². The van der Waals surface area contributed by atoms with E-state index in [0.717, 1.165) is 23.7 Å². The molecule has 8 heteroatoms. The maximum atomic E-state index is 13.7. The van der Waals surface area contributed by atoms with E-state index in [-0.39, 0.29) is 23.2 Å². The number of amides is 1. The Morgan fingerprint density at radius 2 is 1.81 bits per heavy atom. The number of fused-ring (bicyclic) bond motifs is 3. The lowest BCUT2D eigenvalue weighted by Gasteiger charge is -2.15. The molecule has 188 valence electrons. The minimum absolute atomic E-state index is 0.102. The standard InChI is InChI=1S/C29H27ClN4O3/c1-18(13-14-19-9-5-4-6-10-19)31-28(35)26-25-21-11-7-8-12-23(21)33(2)27(25)29(36)34(32-26)20-15-16-24(37-3)22(30)17-20/h4-12,15-18H,13-14H2,1-3H3,(H,31,35)/t18-/m1/s1. The number of rotatable bonds is 7. The van der Waals surface area contributed by atoms with Crippen molar-refractivity contribution in [3.05, 3.63) is 99.4 Å². The summed E-state index contributed by atoms with van der Waals surface area (Å²) in [5.41, 5.74) is 2.73. The molecule has 0 spiro atoms. The van der Waals surface area contributed by atoms with E-state index < -0.39 is 0 Å². The molecule has 2 aromatic heterocycles. The zero-order valence-electron chi connectivity index (χ0n) is 20.9. The van der Waals surface area contributed by atoms with Crippen LogP contribution in [0.5, 0.6) is 5.75 Å².